The minimum absolute atomic E-state index is 0.0391. The Morgan fingerprint density at radius 3 is 2.56 bits per heavy atom. The highest BCUT2D eigenvalue weighted by atomic mass is 32.2. The maximum Gasteiger partial charge on any atom is 0.306 e. The fourth-order valence-corrected chi connectivity index (χ4v) is 2.79. The van der Waals surface area contributed by atoms with Crippen molar-refractivity contribution in [1.29, 1.82) is 0 Å². The highest BCUT2D eigenvalue weighted by molar-refractivity contribution is 7.89. The molecule has 0 heterocycles. The Kier molecular flexibility index (Phi) is 4.73. The average Bonchev–Trinajstić information content (AvgIpc) is 2.27. The summed E-state index contributed by atoms with van der Waals surface area (Å²) in [5, 5.41) is 9.02. The summed E-state index contributed by atoms with van der Waals surface area (Å²) in [5.41, 5.74) is 0. The second kappa shape index (κ2) is 5.63. The molecule has 0 saturated heterocycles. The first kappa shape index (κ1) is 13.4. The van der Waals surface area contributed by atoms with E-state index in [0.29, 0.717) is 6.42 Å². The summed E-state index contributed by atoms with van der Waals surface area (Å²) >= 11 is 0. The predicted molar refractivity (Wildman–Crippen MR) is 60.5 cm³/mol. The van der Waals surface area contributed by atoms with Gasteiger partial charge in [0.05, 0.1) is 11.7 Å². The maximum atomic E-state index is 11.3. The van der Waals surface area contributed by atoms with Gasteiger partial charge < -0.3 is 5.11 Å². The van der Waals surface area contributed by atoms with Gasteiger partial charge in [-0.05, 0) is 25.7 Å². The second-order valence-electron chi connectivity index (χ2n) is 4.24. The van der Waals surface area contributed by atoms with Crippen molar-refractivity contribution < 1.29 is 18.3 Å². The van der Waals surface area contributed by atoms with E-state index in [1.807, 2.05) is 0 Å². The molecule has 6 heteroatoms. The molecule has 1 saturated carbocycles. The number of hydrogen-bond acceptors (Lipinski definition) is 3. The van der Waals surface area contributed by atoms with Crippen LogP contribution in [0.3, 0.4) is 0 Å². The molecule has 0 aromatic carbocycles. The summed E-state index contributed by atoms with van der Waals surface area (Å²) in [6.45, 7) is 1.82. The lowest BCUT2D eigenvalue weighted by Gasteiger charge is -2.28. The fraction of sp³-hybridized carbons (Fsp3) is 0.900. The number of rotatable bonds is 5. The van der Waals surface area contributed by atoms with Crippen LogP contribution in [0.5, 0.6) is 0 Å². The van der Waals surface area contributed by atoms with Gasteiger partial charge in [-0.1, -0.05) is 12.8 Å². The number of nitrogens with one attached hydrogen (secondary N) is 1. The van der Waals surface area contributed by atoms with E-state index >= 15 is 0 Å². The fourth-order valence-electron chi connectivity index (χ4n) is 2.11. The number of sulfonamides is 1. The van der Waals surface area contributed by atoms with Gasteiger partial charge in [0.15, 0.2) is 0 Å². The molecule has 2 atom stereocenters. The molecule has 0 aliphatic heterocycles. The number of carboxylic acid groups (broad SMARTS) is 1. The normalized spacial score (nSPS) is 26.6. The third kappa shape index (κ3) is 3.75. The van der Waals surface area contributed by atoms with Crippen molar-refractivity contribution in [2.45, 2.75) is 32.6 Å². The van der Waals surface area contributed by atoms with E-state index in [4.69, 9.17) is 5.11 Å². The molecule has 1 fully saturated rings. The molecule has 5 nitrogen and oxygen atoms in total. The quantitative estimate of drug-likeness (QED) is 0.755. The predicted octanol–water partition coefficient (Wildman–Crippen LogP) is 0.817. The molecule has 2 unspecified atom stereocenters. The van der Waals surface area contributed by atoms with Crippen LogP contribution in [0.4, 0.5) is 0 Å². The van der Waals surface area contributed by atoms with Gasteiger partial charge in [0.1, 0.15) is 0 Å². The Hall–Kier alpha value is -0.620. The monoisotopic (exact) mass is 249 g/mol. The van der Waals surface area contributed by atoms with Gasteiger partial charge in [0.2, 0.25) is 10.0 Å². The van der Waals surface area contributed by atoms with E-state index in [1.54, 1.807) is 6.92 Å². The maximum absolute atomic E-state index is 11.3. The molecule has 1 aliphatic rings. The topological polar surface area (TPSA) is 83.5 Å². The van der Waals surface area contributed by atoms with E-state index in [9.17, 15) is 13.2 Å². The summed E-state index contributed by atoms with van der Waals surface area (Å²) in [6, 6.07) is 0. The lowest BCUT2D eigenvalue weighted by Crippen LogP contribution is -2.37. The highest BCUT2D eigenvalue weighted by Crippen LogP contribution is 2.29. The molecule has 0 bridgehead atoms. The van der Waals surface area contributed by atoms with Gasteiger partial charge in [-0.2, -0.15) is 0 Å². The van der Waals surface area contributed by atoms with Gasteiger partial charge in [-0.25, -0.2) is 13.1 Å². The largest absolute Gasteiger partial charge is 0.481 e. The van der Waals surface area contributed by atoms with Crippen molar-refractivity contribution in [2.75, 3.05) is 12.3 Å². The first-order valence-corrected chi connectivity index (χ1v) is 7.31. The SMILES string of the molecule is CCS(=O)(=O)NCC1CCCCC1C(=O)O. The molecular weight excluding hydrogens is 230 g/mol. The number of carboxylic acids is 1. The van der Waals surface area contributed by atoms with Crippen molar-refractivity contribution in [3.05, 3.63) is 0 Å². The lowest BCUT2D eigenvalue weighted by atomic mass is 9.79. The van der Waals surface area contributed by atoms with Gasteiger partial charge in [-0.3, -0.25) is 4.79 Å². The van der Waals surface area contributed by atoms with Crippen LogP contribution >= 0.6 is 0 Å². The van der Waals surface area contributed by atoms with E-state index in [1.165, 1.54) is 0 Å². The smallest absolute Gasteiger partial charge is 0.306 e. The van der Waals surface area contributed by atoms with Crippen molar-refractivity contribution in [2.24, 2.45) is 11.8 Å². The van der Waals surface area contributed by atoms with Crippen LogP contribution in [0, 0.1) is 11.8 Å². The van der Waals surface area contributed by atoms with Crippen molar-refractivity contribution in [3.63, 3.8) is 0 Å². The van der Waals surface area contributed by atoms with Crippen LogP contribution in [0.1, 0.15) is 32.6 Å². The summed E-state index contributed by atoms with van der Waals surface area (Å²) in [4.78, 5) is 11.0. The van der Waals surface area contributed by atoms with E-state index < -0.39 is 21.9 Å². The third-order valence-corrected chi connectivity index (χ3v) is 4.54. The minimum atomic E-state index is -3.21. The van der Waals surface area contributed by atoms with E-state index in [0.717, 1.165) is 19.3 Å². The molecular formula is C10H19NO4S. The average molecular weight is 249 g/mol. The summed E-state index contributed by atoms with van der Waals surface area (Å²) < 4.78 is 25.0. The van der Waals surface area contributed by atoms with Gasteiger partial charge in [-0.15, -0.1) is 0 Å². The summed E-state index contributed by atoms with van der Waals surface area (Å²) in [7, 11) is -3.21. The van der Waals surface area contributed by atoms with E-state index in [-0.39, 0.29) is 18.2 Å². The first-order chi connectivity index (χ1) is 7.46. The molecule has 16 heavy (non-hydrogen) atoms. The third-order valence-electron chi connectivity index (χ3n) is 3.17. The summed E-state index contributed by atoms with van der Waals surface area (Å²) in [5.74, 6) is -1.22. The van der Waals surface area contributed by atoms with Gasteiger partial charge >= 0.3 is 5.97 Å². The summed E-state index contributed by atoms with van der Waals surface area (Å²) in [6.07, 6.45) is 3.37. The number of hydrogen-bond donors (Lipinski definition) is 2. The number of aliphatic carboxylic acids is 1. The molecule has 1 aliphatic carbocycles. The zero-order chi connectivity index (χ0) is 12.2. The van der Waals surface area contributed by atoms with Crippen LogP contribution in [0.25, 0.3) is 0 Å². The molecule has 0 radical (unpaired) electrons. The molecule has 94 valence electrons. The Morgan fingerprint density at radius 2 is 2.00 bits per heavy atom. The van der Waals surface area contributed by atoms with Crippen molar-refractivity contribution in [1.82, 2.24) is 4.72 Å². The standard InChI is InChI=1S/C10H19NO4S/c1-2-16(14,15)11-7-8-5-3-4-6-9(8)10(12)13/h8-9,11H,2-7H2,1H3,(H,12,13). The highest BCUT2D eigenvalue weighted by Gasteiger charge is 2.31. The van der Waals surface area contributed by atoms with Crippen LogP contribution in [-0.4, -0.2) is 31.8 Å². The van der Waals surface area contributed by atoms with Crippen LogP contribution < -0.4 is 4.72 Å². The Bertz CT molecular complexity index is 339. The van der Waals surface area contributed by atoms with Crippen molar-refractivity contribution in [3.8, 4) is 0 Å². The van der Waals surface area contributed by atoms with E-state index in [2.05, 4.69) is 4.72 Å². The Morgan fingerprint density at radius 1 is 1.38 bits per heavy atom. The molecule has 0 aromatic rings. The zero-order valence-electron chi connectivity index (χ0n) is 9.48. The minimum Gasteiger partial charge on any atom is -0.481 e. The first-order valence-electron chi connectivity index (χ1n) is 5.66. The molecule has 0 amide bonds. The van der Waals surface area contributed by atoms with Gasteiger partial charge in [0, 0.05) is 6.54 Å². The number of carbonyl (C=O) groups is 1. The van der Waals surface area contributed by atoms with Crippen LogP contribution in [0.2, 0.25) is 0 Å². The second-order valence-corrected chi connectivity index (χ2v) is 6.34. The van der Waals surface area contributed by atoms with Gasteiger partial charge in [0.25, 0.3) is 0 Å². The lowest BCUT2D eigenvalue weighted by molar-refractivity contribution is -0.144. The molecule has 2 N–H and O–H groups in total. The van der Waals surface area contributed by atoms with Crippen LogP contribution in [0.15, 0.2) is 0 Å². The Balaban J connectivity index is 2.54. The van der Waals surface area contributed by atoms with Crippen molar-refractivity contribution >= 4 is 16.0 Å². The zero-order valence-corrected chi connectivity index (χ0v) is 10.3. The molecule has 1 rings (SSSR count). The molecule has 0 spiro atoms. The Labute approximate surface area is 96.3 Å². The van der Waals surface area contributed by atoms with Crippen LogP contribution in [-0.2, 0) is 14.8 Å². The molecule has 0 aromatic heterocycles.